The van der Waals surface area contributed by atoms with Crippen molar-refractivity contribution in [2.24, 2.45) is 0 Å². The van der Waals surface area contributed by atoms with Crippen LogP contribution in [0.5, 0.6) is 17.2 Å². The van der Waals surface area contributed by atoms with Crippen molar-refractivity contribution in [2.75, 3.05) is 60.7 Å². The van der Waals surface area contributed by atoms with E-state index in [1.54, 1.807) is 43.5 Å². The molecule has 2 saturated heterocycles. The van der Waals surface area contributed by atoms with E-state index in [-0.39, 0.29) is 11.3 Å². The van der Waals surface area contributed by atoms with Crippen LogP contribution in [0.25, 0.3) is 5.76 Å². The number of ether oxygens (including phenoxy) is 4. The first kappa shape index (κ1) is 25.5. The van der Waals surface area contributed by atoms with E-state index in [0.29, 0.717) is 54.7 Å². The van der Waals surface area contributed by atoms with Crippen molar-refractivity contribution in [2.45, 2.75) is 13.0 Å². The highest BCUT2D eigenvalue weighted by molar-refractivity contribution is 6.46. The fourth-order valence-corrected chi connectivity index (χ4v) is 4.74. The molecule has 0 unspecified atom stereocenters. The van der Waals surface area contributed by atoms with E-state index >= 15 is 0 Å². The Balaban J connectivity index is 1.79. The molecule has 2 aromatic carbocycles. The van der Waals surface area contributed by atoms with E-state index in [4.69, 9.17) is 18.9 Å². The van der Waals surface area contributed by atoms with Crippen molar-refractivity contribution < 1.29 is 33.6 Å². The highest BCUT2D eigenvalue weighted by Crippen LogP contribution is 2.42. The summed E-state index contributed by atoms with van der Waals surface area (Å²) in [6.07, 6.45) is 0. The fraction of sp³-hybridized carbons (Fsp3) is 0.407. The summed E-state index contributed by atoms with van der Waals surface area (Å²) in [5.74, 6) is 0.0608. The summed E-state index contributed by atoms with van der Waals surface area (Å²) in [5.41, 5.74) is 1.91. The number of aryl methyl sites for hydroxylation is 1. The number of amides is 1. The summed E-state index contributed by atoms with van der Waals surface area (Å²) in [6.45, 7) is 5.54. The first-order valence-corrected chi connectivity index (χ1v) is 11.8. The molecule has 4 rings (SSSR count). The standard InChI is InChI=1S/C27H32N2O7/c1-17-15-19(6-7-20(17)33-2)25(30)23-24(18-5-8-21(34-3)22(16-18)35-4)29(27(32)26(23)31)10-9-28-11-13-36-14-12-28/h5-8,15-16,24,30H,9-14H2,1-4H3/b25-23+/t24-/m1/s1. The maximum atomic E-state index is 13.3. The van der Waals surface area contributed by atoms with Gasteiger partial charge < -0.3 is 29.0 Å². The van der Waals surface area contributed by atoms with Crippen molar-refractivity contribution in [3.63, 3.8) is 0 Å². The van der Waals surface area contributed by atoms with Gasteiger partial charge in [-0.15, -0.1) is 0 Å². The highest BCUT2D eigenvalue weighted by Gasteiger charge is 2.46. The Bertz CT molecular complexity index is 1170. The first-order valence-electron chi connectivity index (χ1n) is 11.8. The van der Waals surface area contributed by atoms with Crippen LogP contribution >= 0.6 is 0 Å². The highest BCUT2D eigenvalue weighted by atomic mass is 16.5. The normalized spacial score (nSPS) is 20.0. The molecule has 9 heteroatoms. The molecular formula is C27H32N2O7. The lowest BCUT2D eigenvalue weighted by atomic mass is 9.94. The molecule has 0 bridgehead atoms. The number of carbonyl (C=O) groups excluding carboxylic acids is 2. The van der Waals surface area contributed by atoms with E-state index < -0.39 is 17.7 Å². The van der Waals surface area contributed by atoms with Crippen LogP contribution in [-0.2, 0) is 14.3 Å². The van der Waals surface area contributed by atoms with Gasteiger partial charge in [-0.05, 0) is 48.4 Å². The molecule has 0 aromatic heterocycles. The molecule has 0 radical (unpaired) electrons. The predicted molar refractivity (Wildman–Crippen MR) is 134 cm³/mol. The Morgan fingerprint density at radius 3 is 2.25 bits per heavy atom. The molecule has 36 heavy (non-hydrogen) atoms. The minimum absolute atomic E-state index is 0.0405. The third-order valence-electron chi connectivity index (χ3n) is 6.69. The average Bonchev–Trinajstić information content (AvgIpc) is 3.16. The van der Waals surface area contributed by atoms with Crippen molar-refractivity contribution in [3.8, 4) is 17.2 Å². The average molecular weight is 497 g/mol. The van der Waals surface area contributed by atoms with Crippen LogP contribution in [0.2, 0.25) is 0 Å². The molecular weight excluding hydrogens is 464 g/mol. The van der Waals surface area contributed by atoms with Crippen molar-refractivity contribution in [1.29, 1.82) is 0 Å². The number of likely N-dealkylation sites (tertiary alicyclic amines) is 1. The maximum absolute atomic E-state index is 13.3. The number of morpholine rings is 1. The summed E-state index contributed by atoms with van der Waals surface area (Å²) in [6, 6.07) is 9.61. The number of rotatable bonds is 8. The SMILES string of the molecule is COc1ccc(/C(O)=C2\C(=O)C(=O)N(CCN3CCOCC3)[C@@H]2c2ccc(OC)c(OC)c2)cc1C. The number of ketones is 1. The number of aliphatic hydroxyl groups excluding tert-OH is 1. The van der Waals surface area contributed by atoms with Gasteiger partial charge in [0.05, 0.1) is 46.2 Å². The van der Waals surface area contributed by atoms with Gasteiger partial charge in [-0.25, -0.2) is 0 Å². The summed E-state index contributed by atoms with van der Waals surface area (Å²) < 4.78 is 21.6. The van der Waals surface area contributed by atoms with Crippen LogP contribution in [0.15, 0.2) is 42.0 Å². The van der Waals surface area contributed by atoms with Gasteiger partial charge in [0.25, 0.3) is 11.7 Å². The van der Waals surface area contributed by atoms with Crippen LogP contribution in [0.4, 0.5) is 0 Å². The molecule has 1 N–H and O–H groups in total. The molecule has 1 atom stereocenters. The lowest BCUT2D eigenvalue weighted by Gasteiger charge is -2.31. The second kappa shape index (κ2) is 11.0. The number of methoxy groups -OCH3 is 3. The largest absolute Gasteiger partial charge is 0.507 e. The topological polar surface area (TPSA) is 97.8 Å². The Labute approximate surface area is 210 Å². The number of hydrogen-bond acceptors (Lipinski definition) is 8. The van der Waals surface area contributed by atoms with E-state index in [1.165, 1.54) is 19.1 Å². The van der Waals surface area contributed by atoms with Gasteiger partial charge in [0.2, 0.25) is 0 Å². The number of Topliss-reactive ketones (excluding diaryl/α,β-unsaturated/α-hetero) is 1. The Morgan fingerprint density at radius 2 is 1.61 bits per heavy atom. The Kier molecular flexibility index (Phi) is 7.81. The Hall–Kier alpha value is -3.56. The van der Waals surface area contributed by atoms with Gasteiger partial charge in [-0.1, -0.05) is 6.07 Å². The molecule has 2 aliphatic rings. The molecule has 2 fully saturated rings. The van der Waals surface area contributed by atoms with E-state index in [9.17, 15) is 14.7 Å². The number of hydrogen-bond donors (Lipinski definition) is 1. The quantitative estimate of drug-likeness (QED) is 0.339. The van der Waals surface area contributed by atoms with Crippen molar-refractivity contribution in [1.82, 2.24) is 9.80 Å². The zero-order valence-electron chi connectivity index (χ0n) is 21.1. The van der Waals surface area contributed by atoms with Gasteiger partial charge in [-0.3, -0.25) is 14.5 Å². The van der Waals surface area contributed by atoms with Gasteiger partial charge in [0, 0.05) is 31.7 Å². The van der Waals surface area contributed by atoms with E-state index in [2.05, 4.69) is 4.90 Å². The van der Waals surface area contributed by atoms with Gasteiger partial charge in [-0.2, -0.15) is 0 Å². The van der Waals surface area contributed by atoms with E-state index in [1.807, 2.05) is 6.92 Å². The Morgan fingerprint density at radius 1 is 0.944 bits per heavy atom. The predicted octanol–water partition coefficient (Wildman–Crippen LogP) is 2.77. The number of aliphatic hydroxyl groups is 1. The monoisotopic (exact) mass is 496 g/mol. The lowest BCUT2D eigenvalue weighted by Crippen LogP contribution is -2.42. The maximum Gasteiger partial charge on any atom is 0.295 e. The minimum Gasteiger partial charge on any atom is -0.507 e. The molecule has 2 aromatic rings. The van der Waals surface area contributed by atoms with Crippen LogP contribution in [-0.4, -0.2) is 87.3 Å². The number of carbonyl (C=O) groups is 2. The molecule has 1 amide bonds. The summed E-state index contributed by atoms with van der Waals surface area (Å²) in [5, 5.41) is 11.3. The van der Waals surface area contributed by atoms with Crippen molar-refractivity contribution in [3.05, 3.63) is 58.7 Å². The summed E-state index contributed by atoms with van der Waals surface area (Å²) >= 11 is 0. The number of nitrogens with zero attached hydrogens (tertiary/aromatic N) is 2. The molecule has 0 aliphatic carbocycles. The van der Waals surface area contributed by atoms with Crippen LogP contribution in [0.3, 0.4) is 0 Å². The van der Waals surface area contributed by atoms with Gasteiger partial charge >= 0.3 is 0 Å². The molecule has 9 nitrogen and oxygen atoms in total. The minimum atomic E-state index is -0.784. The molecule has 0 saturated carbocycles. The molecule has 2 aliphatic heterocycles. The van der Waals surface area contributed by atoms with E-state index in [0.717, 1.165) is 18.7 Å². The first-order chi connectivity index (χ1) is 17.4. The van der Waals surface area contributed by atoms with Crippen LogP contribution < -0.4 is 14.2 Å². The third kappa shape index (κ3) is 4.89. The van der Waals surface area contributed by atoms with Gasteiger partial charge in [0.15, 0.2) is 11.5 Å². The molecule has 0 spiro atoms. The number of benzene rings is 2. The zero-order valence-corrected chi connectivity index (χ0v) is 21.1. The second-order valence-corrected chi connectivity index (χ2v) is 8.75. The van der Waals surface area contributed by atoms with Crippen LogP contribution in [0, 0.1) is 6.92 Å². The van der Waals surface area contributed by atoms with Crippen LogP contribution in [0.1, 0.15) is 22.7 Å². The zero-order chi connectivity index (χ0) is 25.8. The van der Waals surface area contributed by atoms with Gasteiger partial charge in [0.1, 0.15) is 11.5 Å². The summed E-state index contributed by atoms with van der Waals surface area (Å²) in [7, 11) is 4.63. The molecule has 2 heterocycles. The second-order valence-electron chi connectivity index (χ2n) is 8.75. The lowest BCUT2D eigenvalue weighted by molar-refractivity contribution is -0.140. The molecule has 192 valence electrons. The smallest absolute Gasteiger partial charge is 0.295 e. The van der Waals surface area contributed by atoms with Crippen molar-refractivity contribution >= 4 is 17.4 Å². The summed E-state index contributed by atoms with van der Waals surface area (Å²) in [4.78, 5) is 30.3. The fourth-order valence-electron chi connectivity index (χ4n) is 4.74. The third-order valence-corrected chi connectivity index (χ3v) is 6.69.